The van der Waals surface area contributed by atoms with Crippen LogP contribution in [0.1, 0.15) is 0 Å². The van der Waals surface area contributed by atoms with E-state index in [4.69, 9.17) is 5.73 Å². The summed E-state index contributed by atoms with van der Waals surface area (Å²) in [6, 6.07) is 0. The highest BCUT2D eigenvalue weighted by molar-refractivity contribution is 7.82. The molecule has 0 aromatic rings. The lowest BCUT2D eigenvalue weighted by atomic mass is 10.1. The highest BCUT2D eigenvalue weighted by atomic mass is 32.1. The molecule has 0 aromatic carbocycles. The lowest BCUT2D eigenvalue weighted by Crippen LogP contribution is -2.12. The van der Waals surface area contributed by atoms with Crippen LogP contribution >= 0.6 is 12.6 Å². The third-order valence-electron chi connectivity index (χ3n) is 0.341. The smallest absolute Gasteiger partial charge is 0.119 e. The summed E-state index contributed by atoms with van der Waals surface area (Å²) in [5, 5.41) is 0.356. The van der Waals surface area contributed by atoms with E-state index < -0.39 is 0 Å². The summed E-state index contributed by atoms with van der Waals surface area (Å²) in [5.74, 6) is 0. The molecule has 2 N–H and O–H groups in total. The van der Waals surface area contributed by atoms with Crippen LogP contribution in [0.25, 0.3) is 0 Å². The maximum atomic E-state index is 5.09. The van der Waals surface area contributed by atoms with Crippen molar-refractivity contribution >= 4 is 20.5 Å². The van der Waals surface area contributed by atoms with Crippen molar-refractivity contribution in [2.24, 2.45) is 5.73 Å². The summed E-state index contributed by atoms with van der Waals surface area (Å²) in [5.41, 5.74) is 5.09. The first kappa shape index (κ1) is 5.37. The van der Waals surface area contributed by atoms with Gasteiger partial charge in [0.2, 0.25) is 0 Å². The average molecular weight is 89.0 g/mol. The van der Waals surface area contributed by atoms with Crippen molar-refractivity contribution in [3.8, 4) is 0 Å². The normalized spacial score (nSPS) is 14.8. The molecule has 0 aromatic heterocycles. The fraction of sp³-hybridized carbons (Fsp3) is 1.00. The number of hydrogen-bond acceptors (Lipinski definition) is 2. The number of nitrogens with two attached hydrogens (primary N) is 1. The molecule has 0 aliphatic rings. The van der Waals surface area contributed by atoms with Crippen molar-refractivity contribution in [1.82, 2.24) is 0 Å². The van der Waals surface area contributed by atoms with Gasteiger partial charge in [-0.15, -0.1) is 0 Å². The quantitative estimate of drug-likeness (QED) is 0.307. The van der Waals surface area contributed by atoms with Crippen LogP contribution in [-0.4, -0.2) is 19.5 Å². The lowest BCUT2D eigenvalue weighted by Gasteiger charge is -1.89. The minimum Gasteiger partial charge on any atom is -0.330 e. The Labute approximate surface area is 38.8 Å². The molecular formula is C2H8BNS. The Morgan fingerprint density at radius 2 is 2.20 bits per heavy atom. The fourth-order valence-corrected chi connectivity index (χ4v) is 0. The maximum Gasteiger partial charge on any atom is 0.119 e. The van der Waals surface area contributed by atoms with Gasteiger partial charge in [0.15, 0.2) is 0 Å². The van der Waals surface area contributed by atoms with E-state index in [1.165, 1.54) is 0 Å². The molecule has 0 saturated carbocycles. The standard InChI is InChI=1S/C2H8BNS/c3-2(5)1-4/h2,5H,1,3-4H2. The van der Waals surface area contributed by atoms with E-state index in [-0.39, 0.29) is 0 Å². The number of thiol groups is 1. The van der Waals surface area contributed by atoms with E-state index in [1.807, 2.05) is 7.85 Å². The van der Waals surface area contributed by atoms with Crippen LogP contribution in [0.15, 0.2) is 0 Å². The maximum absolute atomic E-state index is 5.09. The second-order valence-corrected chi connectivity index (χ2v) is 1.97. The zero-order chi connectivity index (χ0) is 4.28. The van der Waals surface area contributed by atoms with Crippen molar-refractivity contribution in [3.05, 3.63) is 0 Å². The Hall–Kier alpha value is 0.375. The van der Waals surface area contributed by atoms with E-state index >= 15 is 0 Å². The van der Waals surface area contributed by atoms with Crippen LogP contribution in [0, 0.1) is 0 Å². The first-order valence-corrected chi connectivity index (χ1v) is 2.17. The van der Waals surface area contributed by atoms with Gasteiger partial charge in [-0.2, -0.15) is 12.6 Å². The second-order valence-electron chi connectivity index (χ2n) is 1.08. The number of hydrogen-bond donors (Lipinski definition) is 2. The Bertz CT molecular complexity index is 23.6. The Morgan fingerprint density at radius 1 is 2.00 bits per heavy atom. The molecular weight excluding hydrogens is 80.9 g/mol. The zero-order valence-corrected chi connectivity index (χ0v) is 4.20. The van der Waals surface area contributed by atoms with Crippen molar-refractivity contribution in [3.63, 3.8) is 0 Å². The van der Waals surface area contributed by atoms with Crippen LogP contribution in [0.3, 0.4) is 0 Å². The first-order valence-electron chi connectivity index (χ1n) is 1.65. The van der Waals surface area contributed by atoms with Crippen molar-refractivity contribution in [2.45, 2.75) is 5.15 Å². The highest BCUT2D eigenvalue weighted by Crippen LogP contribution is 1.77. The summed E-state index contributed by atoms with van der Waals surface area (Å²) >= 11 is 3.97. The minimum absolute atomic E-state index is 0.356. The molecule has 0 radical (unpaired) electrons. The molecule has 0 amide bonds. The van der Waals surface area contributed by atoms with Gasteiger partial charge in [0.05, 0.1) is 0 Å². The summed E-state index contributed by atoms with van der Waals surface area (Å²) in [6.07, 6.45) is 0. The van der Waals surface area contributed by atoms with Gasteiger partial charge in [0.1, 0.15) is 7.85 Å². The Kier molecular flexibility index (Phi) is 2.80. The van der Waals surface area contributed by atoms with Crippen LogP contribution in [0.5, 0.6) is 0 Å². The van der Waals surface area contributed by atoms with Crippen molar-refractivity contribution in [2.75, 3.05) is 6.54 Å². The van der Waals surface area contributed by atoms with E-state index in [0.717, 1.165) is 0 Å². The highest BCUT2D eigenvalue weighted by Gasteiger charge is 1.82. The average Bonchev–Trinajstić information content (AvgIpc) is 1.38. The molecule has 1 unspecified atom stereocenters. The van der Waals surface area contributed by atoms with E-state index in [2.05, 4.69) is 12.6 Å². The van der Waals surface area contributed by atoms with Crippen LogP contribution < -0.4 is 5.73 Å². The first-order chi connectivity index (χ1) is 2.27. The lowest BCUT2D eigenvalue weighted by molar-refractivity contribution is 1.10. The number of rotatable bonds is 1. The van der Waals surface area contributed by atoms with Crippen molar-refractivity contribution < 1.29 is 0 Å². The van der Waals surface area contributed by atoms with Gasteiger partial charge in [0.25, 0.3) is 0 Å². The van der Waals surface area contributed by atoms with Crippen LogP contribution in [-0.2, 0) is 0 Å². The van der Waals surface area contributed by atoms with E-state index in [0.29, 0.717) is 11.7 Å². The van der Waals surface area contributed by atoms with Gasteiger partial charge in [-0.25, -0.2) is 0 Å². The SMILES string of the molecule is BC(S)CN. The molecule has 0 aliphatic carbocycles. The predicted octanol–water partition coefficient (Wildman–Crippen LogP) is -1.17. The van der Waals surface area contributed by atoms with Crippen molar-refractivity contribution in [1.29, 1.82) is 0 Å². The molecule has 0 saturated heterocycles. The topological polar surface area (TPSA) is 26.0 Å². The summed E-state index contributed by atoms with van der Waals surface area (Å²) < 4.78 is 0. The van der Waals surface area contributed by atoms with Gasteiger partial charge >= 0.3 is 0 Å². The molecule has 0 fully saturated rings. The van der Waals surface area contributed by atoms with Gasteiger partial charge in [-0.3, -0.25) is 0 Å². The van der Waals surface area contributed by atoms with E-state index in [1.54, 1.807) is 0 Å². The zero-order valence-electron chi connectivity index (χ0n) is 3.31. The molecule has 1 nitrogen and oxygen atoms in total. The van der Waals surface area contributed by atoms with Gasteiger partial charge in [-0.05, 0) is 11.7 Å². The summed E-state index contributed by atoms with van der Waals surface area (Å²) in [6.45, 7) is 0.670. The molecule has 0 aliphatic heterocycles. The molecule has 0 bridgehead atoms. The van der Waals surface area contributed by atoms with Gasteiger partial charge in [-0.1, -0.05) is 0 Å². The monoisotopic (exact) mass is 89.0 g/mol. The third kappa shape index (κ3) is 4.37. The van der Waals surface area contributed by atoms with Gasteiger partial charge in [0, 0.05) is 0 Å². The predicted molar refractivity (Wildman–Crippen MR) is 30.4 cm³/mol. The molecule has 0 heterocycles. The van der Waals surface area contributed by atoms with Gasteiger partial charge < -0.3 is 5.73 Å². The summed E-state index contributed by atoms with van der Waals surface area (Å²) in [4.78, 5) is 0. The van der Waals surface area contributed by atoms with E-state index in [9.17, 15) is 0 Å². The second kappa shape index (κ2) is 2.60. The fourth-order valence-electron chi connectivity index (χ4n) is 0. The largest absolute Gasteiger partial charge is 0.330 e. The Morgan fingerprint density at radius 3 is 2.20 bits per heavy atom. The molecule has 1 atom stereocenters. The molecule has 3 heteroatoms. The molecule has 30 valence electrons. The molecule has 0 spiro atoms. The van der Waals surface area contributed by atoms with Crippen LogP contribution in [0.4, 0.5) is 0 Å². The third-order valence-corrected chi connectivity index (χ3v) is 0.552. The molecule has 0 rings (SSSR count). The Balaban J connectivity index is 2.54. The summed E-state index contributed by atoms with van der Waals surface area (Å²) in [7, 11) is 1.96. The molecule has 5 heavy (non-hydrogen) atoms. The minimum atomic E-state index is 0.356. The van der Waals surface area contributed by atoms with Crippen LogP contribution in [0.2, 0.25) is 0 Å².